The molecule has 2 aromatic carbocycles. The molecule has 204 valence electrons. The summed E-state index contributed by atoms with van der Waals surface area (Å²) in [6, 6.07) is 21.4. The molecule has 0 aliphatic rings. The molecule has 0 aliphatic carbocycles. The number of methoxy groups -OCH3 is 1. The second-order valence-corrected chi connectivity index (χ2v) is 8.36. The van der Waals surface area contributed by atoms with E-state index in [1.54, 1.807) is 12.3 Å². The Bertz CT molecular complexity index is 1610. The number of carbonyl (C=O) groups is 2. The summed E-state index contributed by atoms with van der Waals surface area (Å²) in [5.41, 5.74) is 6.23. The van der Waals surface area contributed by atoms with Gasteiger partial charge in [-0.2, -0.15) is 18.3 Å². The second kappa shape index (κ2) is 12.1. The number of rotatable bonds is 6. The van der Waals surface area contributed by atoms with E-state index in [0.29, 0.717) is 17.9 Å². The SMILES string of the molecule is COC(=O)c1cccc(Cn2cc(-c3ccnc(-c4ncc(-c5ccccc5)[nH]4)c3)cn2)c1.O=C(O)C(F)(F)F. The highest BCUT2D eigenvalue weighted by Crippen LogP contribution is 2.25. The Morgan fingerprint density at radius 1 is 0.950 bits per heavy atom. The van der Waals surface area contributed by atoms with E-state index in [1.807, 2.05) is 83.9 Å². The number of carboxylic acids is 1. The van der Waals surface area contributed by atoms with Gasteiger partial charge in [0.2, 0.25) is 0 Å². The Kier molecular flexibility index (Phi) is 8.38. The van der Waals surface area contributed by atoms with Gasteiger partial charge in [-0.25, -0.2) is 14.6 Å². The lowest BCUT2D eigenvalue weighted by molar-refractivity contribution is -0.192. The van der Waals surface area contributed by atoms with E-state index in [0.717, 1.165) is 33.6 Å². The summed E-state index contributed by atoms with van der Waals surface area (Å²) in [6.07, 6.45) is 2.30. The number of imidazole rings is 1. The number of halogens is 3. The zero-order valence-electron chi connectivity index (χ0n) is 21.0. The van der Waals surface area contributed by atoms with E-state index in [4.69, 9.17) is 14.6 Å². The van der Waals surface area contributed by atoms with Crippen LogP contribution in [0.1, 0.15) is 15.9 Å². The van der Waals surface area contributed by atoms with Gasteiger partial charge in [-0.15, -0.1) is 0 Å². The number of pyridine rings is 1. The van der Waals surface area contributed by atoms with Gasteiger partial charge in [0.25, 0.3) is 0 Å². The van der Waals surface area contributed by atoms with Crippen LogP contribution in [0.5, 0.6) is 0 Å². The van der Waals surface area contributed by atoms with Crippen molar-refractivity contribution in [3.8, 4) is 33.9 Å². The molecule has 0 saturated carbocycles. The Balaban J connectivity index is 0.000000470. The molecular weight excluding hydrogens is 527 g/mol. The third-order valence-electron chi connectivity index (χ3n) is 5.56. The van der Waals surface area contributed by atoms with Gasteiger partial charge in [-0.3, -0.25) is 9.67 Å². The zero-order valence-corrected chi connectivity index (χ0v) is 21.0. The van der Waals surface area contributed by atoms with Gasteiger partial charge in [-0.1, -0.05) is 42.5 Å². The fourth-order valence-electron chi connectivity index (χ4n) is 3.66. The van der Waals surface area contributed by atoms with Gasteiger partial charge < -0.3 is 14.8 Å². The number of benzene rings is 2. The first kappa shape index (κ1) is 27.8. The quantitative estimate of drug-likeness (QED) is 0.269. The molecule has 0 spiro atoms. The fraction of sp³-hybridized carbons (Fsp3) is 0.107. The lowest BCUT2D eigenvalue weighted by Crippen LogP contribution is -2.21. The summed E-state index contributed by atoms with van der Waals surface area (Å²) in [6.45, 7) is 0.543. The number of carbonyl (C=O) groups excluding carboxylic acids is 1. The van der Waals surface area contributed by atoms with Crippen molar-refractivity contribution in [3.63, 3.8) is 0 Å². The summed E-state index contributed by atoms with van der Waals surface area (Å²) in [7, 11) is 1.38. The molecule has 2 N–H and O–H groups in total. The minimum absolute atomic E-state index is 0.351. The zero-order chi connectivity index (χ0) is 28.7. The van der Waals surface area contributed by atoms with Crippen molar-refractivity contribution in [2.45, 2.75) is 12.7 Å². The molecular formula is C28H22F3N5O4. The Morgan fingerprint density at radius 2 is 1.70 bits per heavy atom. The second-order valence-electron chi connectivity index (χ2n) is 8.36. The van der Waals surface area contributed by atoms with Gasteiger partial charge in [0, 0.05) is 18.0 Å². The maximum atomic E-state index is 11.8. The lowest BCUT2D eigenvalue weighted by Gasteiger charge is -2.04. The number of aromatic amines is 1. The van der Waals surface area contributed by atoms with Crippen LogP contribution in [0.3, 0.4) is 0 Å². The van der Waals surface area contributed by atoms with Crippen LogP contribution in [0, 0.1) is 0 Å². The molecule has 3 heterocycles. The van der Waals surface area contributed by atoms with E-state index < -0.39 is 12.1 Å². The van der Waals surface area contributed by atoms with Crippen molar-refractivity contribution < 1.29 is 32.6 Å². The highest BCUT2D eigenvalue weighted by Gasteiger charge is 2.38. The first-order valence-corrected chi connectivity index (χ1v) is 11.7. The van der Waals surface area contributed by atoms with E-state index in [-0.39, 0.29) is 5.97 Å². The van der Waals surface area contributed by atoms with Gasteiger partial charge in [0.05, 0.1) is 37.3 Å². The lowest BCUT2D eigenvalue weighted by atomic mass is 10.1. The summed E-state index contributed by atoms with van der Waals surface area (Å²) >= 11 is 0. The smallest absolute Gasteiger partial charge is 0.475 e. The number of carboxylic acid groups (broad SMARTS) is 1. The van der Waals surface area contributed by atoms with Crippen molar-refractivity contribution in [2.24, 2.45) is 0 Å². The Morgan fingerprint density at radius 3 is 2.40 bits per heavy atom. The fourth-order valence-corrected chi connectivity index (χ4v) is 3.66. The van der Waals surface area contributed by atoms with Crippen LogP contribution in [0.2, 0.25) is 0 Å². The molecule has 0 fully saturated rings. The molecule has 40 heavy (non-hydrogen) atoms. The molecule has 5 rings (SSSR count). The normalized spacial score (nSPS) is 10.9. The van der Waals surface area contributed by atoms with Crippen LogP contribution in [0.25, 0.3) is 33.9 Å². The number of aromatic nitrogens is 5. The molecule has 0 bridgehead atoms. The number of ether oxygens (including phenoxy) is 1. The average Bonchev–Trinajstić information content (AvgIpc) is 3.64. The van der Waals surface area contributed by atoms with Crippen LogP contribution in [0.15, 0.2) is 91.5 Å². The third kappa shape index (κ3) is 6.98. The molecule has 0 amide bonds. The maximum Gasteiger partial charge on any atom is 0.490 e. The predicted octanol–water partition coefficient (Wildman–Crippen LogP) is 5.47. The highest BCUT2D eigenvalue weighted by molar-refractivity contribution is 5.89. The van der Waals surface area contributed by atoms with E-state index >= 15 is 0 Å². The van der Waals surface area contributed by atoms with Crippen LogP contribution < -0.4 is 0 Å². The molecule has 12 heteroatoms. The average molecular weight is 550 g/mol. The number of nitrogens with one attached hydrogen (secondary N) is 1. The number of esters is 1. The van der Waals surface area contributed by atoms with Crippen LogP contribution in [0.4, 0.5) is 13.2 Å². The molecule has 0 saturated heterocycles. The van der Waals surface area contributed by atoms with E-state index in [1.165, 1.54) is 7.11 Å². The van der Waals surface area contributed by atoms with Crippen LogP contribution in [-0.2, 0) is 16.1 Å². The summed E-state index contributed by atoms with van der Waals surface area (Å²) in [4.78, 5) is 33.0. The number of H-pyrrole nitrogens is 1. The van der Waals surface area contributed by atoms with Crippen molar-refractivity contribution in [2.75, 3.05) is 7.11 Å². The highest BCUT2D eigenvalue weighted by atomic mass is 19.4. The minimum atomic E-state index is -5.08. The monoisotopic (exact) mass is 549 g/mol. The standard InChI is InChI=1S/C26H21N5O2.C2HF3O2/c1-33-26(32)21-9-5-6-18(12-21)16-31-17-22(14-29-31)20-10-11-27-23(13-20)25-28-15-24(30-25)19-7-3-2-4-8-19;3-2(4,5)1(6)7/h2-15,17H,16H2,1H3,(H,28,30);(H,6,7). The van der Waals surface area contributed by atoms with Gasteiger partial charge in [0.1, 0.15) is 5.69 Å². The van der Waals surface area contributed by atoms with Crippen LogP contribution >= 0.6 is 0 Å². The van der Waals surface area contributed by atoms with E-state index in [9.17, 15) is 18.0 Å². The number of aliphatic carboxylic acids is 1. The van der Waals surface area contributed by atoms with Gasteiger partial charge in [0.15, 0.2) is 5.82 Å². The van der Waals surface area contributed by atoms with Crippen molar-refractivity contribution >= 4 is 11.9 Å². The summed E-state index contributed by atoms with van der Waals surface area (Å²) < 4.78 is 38.4. The molecule has 0 atom stereocenters. The van der Waals surface area contributed by atoms with E-state index in [2.05, 4.69) is 20.1 Å². The number of nitrogens with zero attached hydrogens (tertiary/aromatic N) is 4. The molecule has 5 aromatic rings. The Labute approximate surface area is 225 Å². The summed E-state index contributed by atoms with van der Waals surface area (Å²) in [5.74, 6) is -2.40. The van der Waals surface area contributed by atoms with Crippen LogP contribution in [-0.4, -0.2) is 55.1 Å². The topological polar surface area (TPSA) is 123 Å². The first-order valence-electron chi connectivity index (χ1n) is 11.7. The first-order chi connectivity index (χ1) is 19.1. The molecule has 3 aromatic heterocycles. The summed E-state index contributed by atoms with van der Waals surface area (Å²) in [5, 5.41) is 11.6. The number of hydrogen-bond donors (Lipinski definition) is 2. The molecule has 0 unspecified atom stereocenters. The largest absolute Gasteiger partial charge is 0.490 e. The third-order valence-corrected chi connectivity index (χ3v) is 5.56. The number of alkyl halides is 3. The maximum absolute atomic E-state index is 11.8. The molecule has 0 radical (unpaired) electrons. The minimum Gasteiger partial charge on any atom is -0.475 e. The molecule has 0 aliphatic heterocycles. The van der Waals surface area contributed by atoms with Gasteiger partial charge >= 0.3 is 18.1 Å². The van der Waals surface area contributed by atoms with Crippen molar-refractivity contribution in [1.29, 1.82) is 0 Å². The van der Waals surface area contributed by atoms with Gasteiger partial charge in [-0.05, 0) is 41.0 Å². The number of hydrogen-bond acceptors (Lipinski definition) is 6. The Hall–Kier alpha value is -5.26. The van der Waals surface area contributed by atoms with Crippen molar-refractivity contribution in [1.82, 2.24) is 24.7 Å². The predicted molar refractivity (Wildman–Crippen MR) is 139 cm³/mol. The van der Waals surface area contributed by atoms with Crippen molar-refractivity contribution in [3.05, 3.63) is 103 Å². The molecule has 9 nitrogen and oxygen atoms in total.